The van der Waals surface area contributed by atoms with Gasteiger partial charge in [-0.2, -0.15) is 14.8 Å². The molecule has 2 aliphatic heterocycles. The SMILES string of the molecule is CCCS(=O)(=O)N[C@H]1C[C@@H](N(C)c2ncnc3c2ccn3C(=O)N(C)CCN(C)C(=O)OCc2ccc(/N=N/c3ccc(O)c(C(=O)NCCCCC(=O)Oc4c(OC)ccc5cc6[n+](cc45)CCc4cc5c(cc4-6)OCO5)c3)cc2)C1. The quantitative estimate of drug-likeness (QED) is 0.0203. The number of aromatic nitrogens is 4. The number of nitrogens with zero attached hydrogens (tertiary/aromatic N) is 9. The van der Waals surface area contributed by atoms with Gasteiger partial charge in [0.2, 0.25) is 22.5 Å². The number of sulfonamides is 1. The Hall–Kier alpha value is -8.90. The van der Waals surface area contributed by atoms with E-state index in [0.29, 0.717) is 83.1 Å². The smallest absolute Gasteiger partial charge is 0.409 e. The molecule has 7 aromatic rings. The number of aromatic hydroxyl groups is 1. The van der Waals surface area contributed by atoms with E-state index in [9.17, 15) is 32.7 Å². The maximum absolute atomic E-state index is 13.6. The second-order valence-corrected chi connectivity index (χ2v) is 22.4. The van der Waals surface area contributed by atoms with Crippen LogP contribution in [0.2, 0.25) is 0 Å². The van der Waals surface area contributed by atoms with Crippen molar-refractivity contribution in [1.29, 1.82) is 0 Å². The van der Waals surface area contributed by atoms with Crippen molar-refractivity contribution >= 4 is 73.0 Å². The van der Waals surface area contributed by atoms with Crippen molar-refractivity contribution in [1.82, 2.24) is 34.4 Å². The van der Waals surface area contributed by atoms with Gasteiger partial charge in [-0.1, -0.05) is 19.1 Å². The number of phenolic OH excluding ortho intramolecular Hbond substituents is 1. The highest BCUT2D eigenvalue weighted by Gasteiger charge is 2.36. The largest absolute Gasteiger partial charge is 0.507 e. The lowest BCUT2D eigenvalue weighted by atomic mass is 9.86. The van der Waals surface area contributed by atoms with Crippen LogP contribution in [-0.4, -0.2) is 134 Å². The Labute approximate surface area is 473 Å². The lowest BCUT2D eigenvalue weighted by Gasteiger charge is -2.41. The first-order chi connectivity index (χ1) is 39.6. The third-order valence-corrected chi connectivity index (χ3v) is 16.4. The van der Waals surface area contributed by atoms with Gasteiger partial charge in [-0.15, -0.1) is 0 Å². The van der Waals surface area contributed by atoms with E-state index in [-0.39, 0.29) is 74.6 Å². The average molecular weight is 1140 g/mol. The number of nitrogens with one attached hydrogen (secondary N) is 2. The molecule has 4 aromatic carbocycles. The molecule has 3 amide bonds. The minimum absolute atomic E-state index is 0.00934. The minimum Gasteiger partial charge on any atom is -0.507 e. The zero-order chi connectivity index (χ0) is 57.7. The molecule has 23 nitrogen and oxygen atoms in total. The van der Waals surface area contributed by atoms with E-state index in [1.54, 1.807) is 56.7 Å². The molecule has 0 bridgehead atoms. The van der Waals surface area contributed by atoms with Gasteiger partial charge in [0.25, 0.3) is 5.91 Å². The first-order valence-electron chi connectivity index (χ1n) is 27.0. The fourth-order valence-corrected chi connectivity index (χ4v) is 11.5. The summed E-state index contributed by atoms with van der Waals surface area (Å²) in [5, 5.41) is 24.2. The number of phenols is 1. The molecular formula is C58H64N11O12S+. The van der Waals surface area contributed by atoms with Crippen LogP contribution in [0.25, 0.3) is 33.1 Å². The highest BCUT2D eigenvalue weighted by molar-refractivity contribution is 7.89. The Balaban J connectivity index is 0.646. The summed E-state index contributed by atoms with van der Waals surface area (Å²) in [5.41, 5.74) is 5.20. The first kappa shape index (κ1) is 56.4. The molecule has 3 aromatic heterocycles. The summed E-state index contributed by atoms with van der Waals surface area (Å²) in [7, 11) is 3.33. The zero-order valence-corrected chi connectivity index (χ0v) is 47.0. The van der Waals surface area contributed by atoms with Crippen molar-refractivity contribution in [3.63, 3.8) is 0 Å². The van der Waals surface area contributed by atoms with E-state index in [1.165, 1.54) is 51.6 Å². The van der Waals surface area contributed by atoms with Gasteiger partial charge in [-0.25, -0.2) is 32.7 Å². The lowest BCUT2D eigenvalue weighted by Crippen LogP contribution is -2.53. The number of carbonyl (C=O) groups excluding carboxylic acids is 4. The van der Waals surface area contributed by atoms with Crippen LogP contribution in [0.4, 0.5) is 26.8 Å². The Kier molecular flexibility index (Phi) is 16.8. The van der Waals surface area contributed by atoms with E-state index in [4.69, 9.17) is 23.7 Å². The van der Waals surface area contributed by atoms with Crippen LogP contribution in [0.3, 0.4) is 0 Å². The molecule has 5 heterocycles. The third kappa shape index (κ3) is 12.5. The van der Waals surface area contributed by atoms with Crippen molar-refractivity contribution in [2.75, 3.05) is 65.3 Å². The number of esters is 1. The van der Waals surface area contributed by atoms with Gasteiger partial charge in [0, 0.05) is 78.0 Å². The molecule has 428 valence electrons. The van der Waals surface area contributed by atoms with Gasteiger partial charge in [0.1, 0.15) is 24.5 Å². The maximum Gasteiger partial charge on any atom is 0.409 e. The number of unbranched alkanes of at least 4 members (excludes halogenated alkanes) is 1. The third-order valence-electron chi connectivity index (χ3n) is 14.8. The molecule has 3 aliphatic rings. The molecule has 1 saturated carbocycles. The Morgan fingerprint density at radius 1 is 0.890 bits per heavy atom. The van der Waals surface area contributed by atoms with E-state index in [2.05, 4.69) is 40.9 Å². The van der Waals surface area contributed by atoms with Crippen LogP contribution in [0.5, 0.6) is 28.7 Å². The maximum atomic E-state index is 13.6. The number of azo groups is 1. The molecule has 82 heavy (non-hydrogen) atoms. The van der Waals surface area contributed by atoms with Gasteiger partial charge >= 0.3 is 18.1 Å². The number of methoxy groups -OCH3 is 1. The summed E-state index contributed by atoms with van der Waals surface area (Å²) in [6.07, 6.45) is 8.03. The predicted octanol–water partition coefficient (Wildman–Crippen LogP) is 7.92. The highest BCUT2D eigenvalue weighted by atomic mass is 32.2. The molecular weight excluding hydrogens is 1070 g/mol. The fourth-order valence-electron chi connectivity index (χ4n) is 10.1. The van der Waals surface area contributed by atoms with Crippen LogP contribution in [-0.2, 0) is 39.1 Å². The number of anilines is 1. The molecule has 1 fully saturated rings. The van der Waals surface area contributed by atoms with Gasteiger partial charge in [-0.3, -0.25) is 14.2 Å². The van der Waals surface area contributed by atoms with Crippen LogP contribution >= 0.6 is 0 Å². The molecule has 0 atom stereocenters. The summed E-state index contributed by atoms with van der Waals surface area (Å²) >= 11 is 0. The fraction of sp³-hybridized carbons (Fsp3) is 0.362. The second kappa shape index (κ2) is 24.4. The molecule has 0 radical (unpaired) electrons. The van der Waals surface area contributed by atoms with E-state index in [0.717, 1.165) is 40.7 Å². The van der Waals surface area contributed by atoms with Crippen LogP contribution in [0, 0.1) is 0 Å². The van der Waals surface area contributed by atoms with Crippen LogP contribution in [0.1, 0.15) is 66.9 Å². The van der Waals surface area contributed by atoms with Crippen molar-refractivity contribution in [2.45, 2.75) is 77.1 Å². The second-order valence-electron chi connectivity index (χ2n) is 20.5. The first-order valence-corrected chi connectivity index (χ1v) is 28.7. The van der Waals surface area contributed by atoms with E-state index in [1.807, 2.05) is 43.3 Å². The van der Waals surface area contributed by atoms with Gasteiger partial charge in [-0.05, 0) is 109 Å². The van der Waals surface area contributed by atoms with Crippen LogP contribution < -0.4 is 38.5 Å². The van der Waals surface area contributed by atoms with Gasteiger partial charge < -0.3 is 48.8 Å². The number of pyridine rings is 1. The summed E-state index contributed by atoms with van der Waals surface area (Å²) in [6, 6.07) is 22.4. The number of rotatable bonds is 21. The minimum atomic E-state index is -3.31. The topological polar surface area (TPSA) is 262 Å². The number of ether oxygens (including phenoxy) is 5. The number of amides is 3. The molecule has 0 saturated heterocycles. The van der Waals surface area contributed by atoms with Crippen molar-refractivity contribution in [3.8, 4) is 40.0 Å². The number of fused-ring (bicyclic) bond motifs is 6. The van der Waals surface area contributed by atoms with Crippen molar-refractivity contribution in [2.24, 2.45) is 10.2 Å². The van der Waals surface area contributed by atoms with Crippen molar-refractivity contribution in [3.05, 3.63) is 114 Å². The normalized spacial score (nSPS) is 15.1. The summed E-state index contributed by atoms with van der Waals surface area (Å²) in [4.78, 5) is 66.7. The monoisotopic (exact) mass is 1140 g/mol. The molecule has 0 unspecified atom stereocenters. The van der Waals surface area contributed by atoms with E-state index < -0.39 is 28.0 Å². The molecule has 24 heteroatoms. The van der Waals surface area contributed by atoms with Gasteiger partial charge in [0.15, 0.2) is 41.4 Å². The number of likely N-dealkylation sites (N-methyl/N-ethyl adjacent to an activating group) is 2. The molecule has 3 N–H and O–H groups in total. The number of carbonyl (C=O) groups is 4. The Morgan fingerprint density at radius 2 is 1.65 bits per heavy atom. The summed E-state index contributed by atoms with van der Waals surface area (Å²) in [6.45, 7) is 3.35. The number of benzene rings is 4. The summed E-state index contributed by atoms with van der Waals surface area (Å²) in [5.74, 6) is 1.78. The van der Waals surface area contributed by atoms with Crippen molar-refractivity contribution < 1.29 is 61.0 Å². The summed E-state index contributed by atoms with van der Waals surface area (Å²) < 4.78 is 59.2. The Bertz CT molecular complexity index is 3720. The zero-order valence-electron chi connectivity index (χ0n) is 46.2. The molecule has 10 rings (SSSR count). The highest BCUT2D eigenvalue weighted by Crippen LogP contribution is 2.42. The lowest BCUT2D eigenvalue weighted by molar-refractivity contribution is -0.686. The van der Waals surface area contributed by atoms with Gasteiger partial charge in [0.05, 0.1) is 46.1 Å². The van der Waals surface area contributed by atoms with Crippen LogP contribution in [0.15, 0.2) is 108 Å². The van der Waals surface area contributed by atoms with E-state index >= 15 is 0 Å². The Morgan fingerprint density at radius 3 is 2.43 bits per heavy atom. The number of hydrogen-bond donors (Lipinski definition) is 3. The molecule has 0 spiro atoms. The molecule has 1 aliphatic carbocycles. The number of hydrogen-bond acceptors (Lipinski definition) is 17. The standard InChI is InChI=1S/C58H63N11O12S/c1-6-25-82(75,76)64-41-28-42(29-41)67(4)54-43-19-22-69(55(43)61-34-60-54)57(73)65(2)23-24-66(3)58(74)78-33-36-10-13-39(14-11-36)62-63-40-15-16-48(70)45(30-40)56(72)59-20-8-7-9-52(71)81-53-46-32-68-21-18-38-27-50-51(80-35-79-50)31-44(38)47(68)26-37(46)12-17-49(53)77-5/h10-17,19,22,26-27,30-32,34,41-42,64H,6-9,18,20-21,23-25,28-29,33,35H2,1-5H3,(H-,59,62,70,72)/p+1/t41-,42+. The number of aryl methyl sites for hydroxylation is 2. The average Bonchev–Trinajstić information content (AvgIpc) is 3.87. The predicted molar refractivity (Wildman–Crippen MR) is 303 cm³/mol.